The van der Waals surface area contributed by atoms with Gasteiger partial charge in [-0.3, -0.25) is 4.79 Å². The Labute approximate surface area is 107 Å². The molecule has 0 radical (unpaired) electrons. The number of ether oxygens (including phenoxy) is 1. The van der Waals surface area contributed by atoms with Gasteiger partial charge in [-0.05, 0) is 32.3 Å². The minimum absolute atomic E-state index is 0.00120. The van der Waals surface area contributed by atoms with Crippen LogP contribution in [0.1, 0.15) is 36.8 Å². The lowest BCUT2D eigenvalue weighted by atomic mass is 10.0. The number of likely N-dealkylation sites (tertiary alicyclic amines) is 1. The number of carbonyl (C=O) groups excluding carboxylic acids is 1. The number of carbonyl (C=O) groups is 1. The molecule has 1 aliphatic heterocycles. The first-order chi connectivity index (χ1) is 8.72. The lowest BCUT2D eigenvalue weighted by Gasteiger charge is -2.34. The fourth-order valence-electron chi connectivity index (χ4n) is 2.33. The van der Waals surface area contributed by atoms with Crippen molar-refractivity contribution >= 4 is 5.91 Å². The Hall–Kier alpha value is -1.49. The lowest BCUT2D eigenvalue weighted by Crippen LogP contribution is -2.41. The molecular formula is C13H19N3O2. The first kappa shape index (κ1) is 13.0. The van der Waals surface area contributed by atoms with E-state index in [1.54, 1.807) is 13.3 Å². The largest absolute Gasteiger partial charge is 0.375 e. The number of hydrogen-bond acceptors (Lipinski definition) is 4. The van der Waals surface area contributed by atoms with Crippen molar-refractivity contribution in [2.24, 2.45) is 0 Å². The maximum atomic E-state index is 12.0. The van der Waals surface area contributed by atoms with Crippen LogP contribution < -0.4 is 0 Å². The predicted octanol–water partition coefficient (Wildman–Crippen LogP) is 1.49. The van der Waals surface area contributed by atoms with Crippen molar-refractivity contribution < 1.29 is 9.53 Å². The van der Waals surface area contributed by atoms with Gasteiger partial charge in [-0.2, -0.15) is 0 Å². The molecule has 1 saturated heterocycles. The summed E-state index contributed by atoms with van der Waals surface area (Å²) in [4.78, 5) is 22.6. The van der Waals surface area contributed by atoms with Crippen LogP contribution in [0.4, 0.5) is 0 Å². The topological polar surface area (TPSA) is 55.3 Å². The molecule has 1 fully saturated rings. The second kappa shape index (κ2) is 5.91. The molecule has 5 nitrogen and oxygen atoms in total. The molecule has 0 saturated carbocycles. The summed E-state index contributed by atoms with van der Waals surface area (Å²) < 4.78 is 4.93. The molecule has 1 aliphatic rings. The number of nitrogens with zero attached hydrogens (tertiary/aromatic N) is 3. The first-order valence-corrected chi connectivity index (χ1v) is 6.30. The van der Waals surface area contributed by atoms with Crippen LogP contribution in [-0.2, 0) is 9.53 Å². The van der Waals surface area contributed by atoms with E-state index in [9.17, 15) is 4.79 Å². The maximum Gasteiger partial charge on any atom is 0.249 e. The molecule has 0 aliphatic carbocycles. The molecular weight excluding hydrogens is 230 g/mol. The van der Waals surface area contributed by atoms with Gasteiger partial charge < -0.3 is 9.64 Å². The van der Waals surface area contributed by atoms with Crippen molar-refractivity contribution in [2.45, 2.75) is 32.2 Å². The third-order valence-electron chi connectivity index (χ3n) is 3.20. The Kier molecular flexibility index (Phi) is 4.25. The summed E-state index contributed by atoms with van der Waals surface area (Å²) in [6.45, 7) is 2.84. The SMILES string of the molecule is COCC(=O)N1CCCCC1c1nccc(C)n1. The highest BCUT2D eigenvalue weighted by Gasteiger charge is 2.29. The molecule has 1 atom stereocenters. The van der Waals surface area contributed by atoms with E-state index in [-0.39, 0.29) is 18.6 Å². The van der Waals surface area contributed by atoms with Gasteiger partial charge in [-0.1, -0.05) is 0 Å². The summed E-state index contributed by atoms with van der Waals surface area (Å²) in [5.41, 5.74) is 0.935. The summed E-state index contributed by atoms with van der Waals surface area (Å²) in [7, 11) is 1.54. The third-order valence-corrected chi connectivity index (χ3v) is 3.20. The van der Waals surface area contributed by atoms with Gasteiger partial charge in [0.15, 0.2) is 5.82 Å². The van der Waals surface area contributed by atoms with Crippen LogP contribution in [0.15, 0.2) is 12.3 Å². The summed E-state index contributed by atoms with van der Waals surface area (Å²) in [5, 5.41) is 0. The van der Waals surface area contributed by atoms with Crippen LogP contribution in [0.25, 0.3) is 0 Å². The molecule has 1 aromatic heterocycles. The number of aryl methyl sites for hydroxylation is 1. The fourth-order valence-corrected chi connectivity index (χ4v) is 2.33. The summed E-state index contributed by atoms with van der Waals surface area (Å²) in [6, 6.07) is 1.87. The average Bonchev–Trinajstić information content (AvgIpc) is 2.39. The van der Waals surface area contributed by atoms with Crippen molar-refractivity contribution in [3.8, 4) is 0 Å². The number of rotatable bonds is 3. The second-order valence-electron chi connectivity index (χ2n) is 4.59. The molecule has 0 N–H and O–H groups in total. The Morgan fingerprint density at radius 3 is 3.11 bits per heavy atom. The second-order valence-corrected chi connectivity index (χ2v) is 4.59. The molecule has 2 heterocycles. The Morgan fingerprint density at radius 2 is 2.39 bits per heavy atom. The molecule has 1 aromatic rings. The van der Waals surface area contributed by atoms with Crippen molar-refractivity contribution in [1.29, 1.82) is 0 Å². The summed E-state index contributed by atoms with van der Waals surface area (Å²) >= 11 is 0. The van der Waals surface area contributed by atoms with E-state index in [2.05, 4.69) is 9.97 Å². The van der Waals surface area contributed by atoms with Gasteiger partial charge >= 0.3 is 0 Å². The molecule has 1 unspecified atom stereocenters. The number of methoxy groups -OCH3 is 1. The fraction of sp³-hybridized carbons (Fsp3) is 0.615. The maximum absolute atomic E-state index is 12.0. The molecule has 0 spiro atoms. The van der Waals surface area contributed by atoms with E-state index in [0.29, 0.717) is 0 Å². The molecule has 0 bridgehead atoms. The van der Waals surface area contributed by atoms with Gasteiger partial charge in [0.05, 0.1) is 6.04 Å². The smallest absolute Gasteiger partial charge is 0.249 e. The van der Waals surface area contributed by atoms with E-state index >= 15 is 0 Å². The quantitative estimate of drug-likeness (QED) is 0.814. The van der Waals surface area contributed by atoms with Gasteiger partial charge in [0.1, 0.15) is 6.61 Å². The molecule has 0 aromatic carbocycles. The number of piperidine rings is 1. The number of amides is 1. The summed E-state index contributed by atoms with van der Waals surface area (Å²) in [5.74, 6) is 0.770. The van der Waals surface area contributed by atoms with Crippen LogP contribution >= 0.6 is 0 Å². The van der Waals surface area contributed by atoms with E-state index in [1.807, 2.05) is 17.9 Å². The van der Waals surface area contributed by atoms with Crippen LogP contribution in [0.3, 0.4) is 0 Å². The number of aromatic nitrogens is 2. The van der Waals surface area contributed by atoms with E-state index in [4.69, 9.17) is 4.74 Å². The molecule has 1 amide bonds. The van der Waals surface area contributed by atoms with E-state index in [0.717, 1.165) is 37.3 Å². The molecule has 5 heteroatoms. The lowest BCUT2D eigenvalue weighted by molar-refractivity contribution is -0.139. The Bertz CT molecular complexity index is 422. The van der Waals surface area contributed by atoms with Gasteiger partial charge in [0.2, 0.25) is 5.91 Å². The highest BCUT2D eigenvalue weighted by molar-refractivity contribution is 5.78. The van der Waals surface area contributed by atoms with E-state index < -0.39 is 0 Å². The van der Waals surface area contributed by atoms with Crippen molar-refractivity contribution in [3.05, 3.63) is 23.8 Å². The van der Waals surface area contributed by atoms with Crippen molar-refractivity contribution in [1.82, 2.24) is 14.9 Å². The minimum atomic E-state index is 0.00120. The molecule has 18 heavy (non-hydrogen) atoms. The summed E-state index contributed by atoms with van der Waals surface area (Å²) in [6.07, 6.45) is 4.83. The minimum Gasteiger partial charge on any atom is -0.375 e. The average molecular weight is 249 g/mol. The third kappa shape index (κ3) is 2.85. The highest BCUT2D eigenvalue weighted by atomic mass is 16.5. The standard InChI is InChI=1S/C13H19N3O2/c1-10-6-7-14-13(15-10)11-5-3-4-8-16(11)12(17)9-18-2/h6-7,11H,3-5,8-9H2,1-2H3. The normalized spacial score (nSPS) is 19.9. The zero-order valence-corrected chi connectivity index (χ0v) is 10.9. The van der Waals surface area contributed by atoms with Crippen LogP contribution in [-0.4, -0.2) is 41.0 Å². The Balaban J connectivity index is 2.20. The van der Waals surface area contributed by atoms with Crippen LogP contribution in [0, 0.1) is 6.92 Å². The number of hydrogen-bond donors (Lipinski definition) is 0. The van der Waals surface area contributed by atoms with E-state index in [1.165, 1.54) is 0 Å². The predicted molar refractivity (Wildman–Crippen MR) is 67.0 cm³/mol. The molecule has 98 valence electrons. The highest BCUT2D eigenvalue weighted by Crippen LogP contribution is 2.28. The van der Waals surface area contributed by atoms with Gasteiger partial charge in [-0.25, -0.2) is 9.97 Å². The van der Waals surface area contributed by atoms with Gasteiger partial charge in [-0.15, -0.1) is 0 Å². The zero-order valence-electron chi connectivity index (χ0n) is 10.9. The molecule has 2 rings (SSSR count). The van der Waals surface area contributed by atoms with Crippen LogP contribution in [0.2, 0.25) is 0 Å². The monoisotopic (exact) mass is 249 g/mol. The van der Waals surface area contributed by atoms with Crippen molar-refractivity contribution in [2.75, 3.05) is 20.3 Å². The van der Waals surface area contributed by atoms with Gasteiger partial charge in [0, 0.05) is 25.5 Å². The Morgan fingerprint density at radius 1 is 1.56 bits per heavy atom. The zero-order chi connectivity index (χ0) is 13.0. The van der Waals surface area contributed by atoms with Gasteiger partial charge in [0.25, 0.3) is 0 Å². The van der Waals surface area contributed by atoms with Crippen LogP contribution in [0.5, 0.6) is 0 Å². The van der Waals surface area contributed by atoms with Crippen molar-refractivity contribution in [3.63, 3.8) is 0 Å². The first-order valence-electron chi connectivity index (χ1n) is 6.30.